The van der Waals surface area contributed by atoms with Gasteiger partial charge in [0.1, 0.15) is 5.82 Å². The summed E-state index contributed by atoms with van der Waals surface area (Å²) in [5, 5.41) is 15.1. The molecular weight excluding hydrogens is 426 g/mol. The van der Waals surface area contributed by atoms with E-state index in [0.29, 0.717) is 34.6 Å². The predicted molar refractivity (Wildman–Crippen MR) is 110 cm³/mol. The highest BCUT2D eigenvalue weighted by Gasteiger charge is 2.30. The molecule has 0 radical (unpaired) electrons. The van der Waals surface area contributed by atoms with E-state index in [1.807, 2.05) is 6.92 Å². The molecule has 2 heterocycles. The summed E-state index contributed by atoms with van der Waals surface area (Å²) in [6.07, 6.45) is -3.97. The monoisotopic (exact) mass is 443 g/mol. The van der Waals surface area contributed by atoms with Gasteiger partial charge in [0.2, 0.25) is 0 Å². The van der Waals surface area contributed by atoms with Crippen LogP contribution in [-0.4, -0.2) is 25.7 Å². The maximum atomic E-state index is 13.3. The second kappa shape index (κ2) is 8.03. The van der Waals surface area contributed by atoms with E-state index in [9.17, 15) is 22.4 Å². The van der Waals surface area contributed by atoms with Crippen molar-refractivity contribution in [3.63, 3.8) is 0 Å². The smallest absolute Gasteiger partial charge is 0.321 e. The molecule has 32 heavy (non-hydrogen) atoms. The van der Waals surface area contributed by atoms with E-state index in [1.165, 1.54) is 28.8 Å². The molecule has 0 aliphatic carbocycles. The number of nitrogens with one attached hydrogen (secondary N) is 1. The van der Waals surface area contributed by atoms with Gasteiger partial charge in [0.25, 0.3) is 5.91 Å². The largest absolute Gasteiger partial charge is 0.416 e. The molecule has 10 heteroatoms. The van der Waals surface area contributed by atoms with Crippen molar-refractivity contribution in [2.24, 2.45) is 0 Å². The molecule has 0 spiro atoms. The van der Waals surface area contributed by atoms with Gasteiger partial charge in [0, 0.05) is 5.69 Å². The molecule has 0 aliphatic rings. The van der Waals surface area contributed by atoms with Crippen LogP contribution in [0.25, 0.3) is 16.8 Å². The fourth-order valence-corrected chi connectivity index (χ4v) is 3.38. The van der Waals surface area contributed by atoms with Crippen molar-refractivity contribution in [1.29, 1.82) is 0 Å². The quantitative estimate of drug-likeness (QED) is 0.447. The van der Waals surface area contributed by atoms with Crippen LogP contribution in [0, 0.1) is 12.7 Å². The number of carbonyl (C=O) groups is 1. The number of hydrogen-bond acceptors (Lipinski definition) is 4. The van der Waals surface area contributed by atoms with E-state index in [2.05, 4.69) is 20.6 Å². The molecule has 2 aromatic heterocycles. The fourth-order valence-electron chi connectivity index (χ4n) is 3.38. The van der Waals surface area contributed by atoms with Crippen LogP contribution in [0.5, 0.6) is 0 Å². The van der Waals surface area contributed by atoms with Crippen LogP contribution in [0.1, 0.15) is 34.4 Å². The number of aromatic nitrogens is 4. The summed E-state index contributed by atoms with van der Waals surface area (Å²) in [7, 11) is 0. The minimum Gasteiger partial charge on any atom is -0.321 e. The minimum atomic E-state index is -4.53. The Hall–Kier alpha value is -3.82. The zero-order valence-corrected chi connectivity index (χ0v) is 17.0. The van der Waals surface area contributed by atoms with Crippen molar-refractivity contribution in [2.45, 2.75) is 26.4 Å². The van der Waals surface area contributed by atoms with Crippen LogP contribution in [0.3, 0.4) is 0 Å². The van der Waals surface area contributed by atoms with Crippen LogP contribution >= 0.6 is 0 Å². The van der Waals surface area contributed by atoms with E-state index in [4.69, 9.17) is 0 Å². The van der Waals surface area contributed by atoms with Crippen molar-refractivity contribution in [1.82, 2.24) is 19.8 Å². The first kappa shape index (κ1) is 21.4. The van der Waals surface area contributed by atoms with Gasteiger partial charge < -0.3 is 5.32 Å². The summed E-state index contributed by atoms with van der Waals surface area (Å²) in [4.78, 5) is 12.7. The Labute approximate surface area is 179 Å². The Balaban J connectivity index is 1.73. The average Bonchev–Trinajstić information content (AvgIpc) is 3.14. The van der Waals surface area contributed by atoms with Gasteiger partial charge in [0.15, 0.2) is 11.3 Å². The minimum absolute atomic E-state index is 0.0205. The van der Waals surface area contributed by atoms with Gasteiger partial charge in [-0.1, -0.05) is 25.1 Å². The first-order chi connectivity index (χ1) is 15.2. The Morgan fingerprint density at radius 2 is 1.81 bits per heavy atom. The second-order valence-corrected chi connectivity index (χ2v) is 7.08. The second-order valence-electron chi connectivity index (χ2n) is 7.08. The molecular formula is C22H17F4N5O. The maximum absolute atomic E-state index is 13.3. The SMILES string of the molecule is CCc1nn2c(C)c(C(=O)Nc3cccc(C(F)(F)F)c3)nnc2c1-c1ccc(F)cc1. The van der Waals surface area contributed by atoms with Crippen molar-refractivity contribution in [3.8, 4) is 11.1 Å². The van der Waals surface area contributed by atoms with Crippen molar-refractivity contribution in [3.05, 3.63) is 77.0 Å². The number of alkyl halides is 3. The highest BCUT2D eigenvalue weighted by molar-refractivity contribution is 6.03. The van der Waals surface area contributed by atoms with Gasteiger partial charge in [0.05, 0.1) is 22.5 Å². The van der Waals surface area contributed by atoms with E-state index < -0.39 is 17.6 Å². The summed E-state index contributed by atoms with van der Waals surface area (Å²) >= 11 is 0. The number of fused-ring (bicyclic) bond motifs is 1. The normalized spacial score (nSPS) is 11.7. The lowest BCUT2D eigenvalue weighted by molar-refractivity contribution is -0.137. The van der Waals surface area contributed by atoms with Crippen molar-refractivity contribution >= 4 is 17.2 Å². The van der Waals surface area contributed by atoms with Gasteiger partial charge in [-0.3, -0.25) is 4.79 Å². The van der Waals surface area contributed by atoms with Crippen LogP contribution in [0.2, 0.25) is 0 Å². The number of hydrogen-bond donors (Lipinski definition) is 1. The summed E-state index contributed by atoms with van der Waals surface area (Å²) in [5.41, 5.74) is 1.84. The van der Waals surface area contributed by atoms with Gasteiger partial charge in [-0.25, -0.2) is 8.91 Å². The number of anilines is 1. The number of benzene rings is 2. The molecule has 0 aliphatic heterocycles. The Morgan fingerprint density at radius 3 is 2.47 bits per heavy atom. The molecule has 2 aromatic carbocycles. The molecule has 1 N–H and O–H groups in total. The highest BCUT2D eigenvalue weighted by Crippen LogP contribution is 2.31. The topological polar surface area (TPSA) is 72.2 Å². The summed E-state index contributed by atoms with van der Waals surface area (Å²) in [5.74, 6) is -1.09. The zero-order valence-electron chi connectivity index (χ0n) is 17.0. The number of halogens is 4. The first-order valence-electron chi connectivity index (χ1n) is 9.68. The lowest BCUT2D eigenvalue weighted by Crippen LogP contribution is -2.19. The number of carbonyl (C=O) groups excluding carboxylic acids is 1. The number of aryl methyl sites for hydroxylation is 2. The van der Waals surface area contributed by atoms with Gasteiger partial charge in [-0.05, 0) is 49.2 Å². The lowest BCUT2D eigenvalue weighted by atomic mass is 10.0. The number of amides is 1. The van der Waals surface area contributed by atoms with Gasteiger partial charge in [-0.2, -0.15) is 18.3 Å². The van der Waals surface area contributed by atoms with Crippen molar-refractivity contribution in [2.75, 3.05) is 5.32 Å². The van der Waals surface area contributed by atoms with Gasteiger partial charge >= 0.3 is 6.18 Å². The first-order valence-corrected chi connectivity index (χ1v) is 9.68. The maximum Gasteiger partial charge on any atom is 0.416 e. The Morgan fingerprint density at radius 1 is 1.09 bits per heavy atom. The molecule has 1 amide bonds. The zero-order chi connectivity index (χ0) is 23.0. The molecule has 0 unspecified atom stereocenters. The number of nitrogens with zero attached hydrogens (tertiary/aromatic N) is 4. The molecule has 0 bridgehead atoms. The molecule has 0 saturated heterocycles. The van der Waals surface area contributed by atoms with Crippen molar-refractivity contribution < 1.29 is 22.4 Å². The van der Waals surface area contributed by atoms with Crippen LogP contribution in [0.15, 0.2) is 48.5 Å². The Bertz CT molecular complexity index is 1310. The highest BCUT2D eigenvalue weighted by atomic mass is 19.4. The molecule has 0 saturated carbocycles. The molecule has 4 aromatic rings. The molecule has 6 nitrogen and oxygen atoms in total. The van der Waals surface area contributed by atoms with E-state index >= 15 is 0 Å². The third kappa shape index (κ3) is 3.91. The summed E-state index contributed by atoms with van der Waals surface area (Å²) in [6.45, 7) is 3.52. The molecule has 0 fully saturated rings. The third-order valence-corrected chi connectivity index (χ3v) is 4.97. The average molecular weight is 443 g/mol. The molecule has 164 valence electrons. The van der Waals surface area contributed by atoms with Crippen LogP contribution in [-0.2, 0) is 12.6 Å². The number of rotatable bonds is 4. The standard InChI is InChI=1S/C22H17F4N5O/c1-3-17-18(13-7-9-15(23)10-8-13)20-29-28-19(12(2)31(20)30-17)21(32)27-16-6-4-5-14(11-16)22(24,25)26/h4-11H,3H2,1-2H3,(H,27,32). The third-order valence-electron chi connectivity index (χ3n) is 4.97. The lowest BCUT2D eigenvalue weighted by Gasteiger charge is -2.10. The predicted octanol–water partition coefficient (Wildman–Crippen LogP) is 5.07. The van der Waals surface area contributed by atoms with Crippen LogP contribution in [0.4, 0.5) is 23.2 Å². The van der Waals surface area contributed by atoms with E-state index in [1.54, 1.807) is 19.1 Å². The fraction of sp³-hybridized carbons (Fsp3) is 0.182. The Kier molecular flexibility index (Phi) is 5.37. The van der Waals surface area contributed by atoms with E-state index in [0.717, 1.165) is 12.1 Å². The summed E-state index contributed by atoms with van der Waals surface area (Å²) in [6, 6.07) is 10.2. The van der Waals surface area contributed by atoms with Gasteiger partial charge in [-0.15, -0.1) is 10.2 Å². The molecule has 0 atom stereocenters. The molecule has 4 rings (SSSR count). The van der Waals surface area contributed by atoms with Crippen LogP contribution < -0.4 is 5.32 Å². The summed E-state index contributed by atoms with van der Waals surface area (Å²) < 4.78 is 53.6. The van der Waals surface area contributed by atoms with E-state index in [-0.39, 0.29) is 17.2 Å².